The van der Waals surface area contributed by atoms with E-state index >= 15 is 0 Å². The second-order valence-electron chi connectivity index (χ2n) is 6.79. The summed E-state index contributed by atoms with van der Waals surface area (Å²) in [5.74, 6) is 1.30. The molecule has 1 aromatic carbocycles. The number of carbonyl (C=O) groups excluding carboxylic acids is 1. The molecule has 0 N–H and O–H groups in total. The number of aromatic nitrogens is 2. The normalized spacial score (nSPS) is 16.7. The Kier molecular flexibility index (Phi) is 4.94. The number of nitrogens with zero attached hydrogens (tertiary/aromatic N) is 3. The van der Waals surface area contributed by atoms with Crippen LogP contribution in [0, 0.1) is 6.92 Å². The topological polar surface area (TPSA) is 59.2 Å². The quantitative estimate of drug-likeness (QED) is 0.662. The van der Waals surface area contributed by atoms with Crippen LogP contribution in [-0.2, 0) is 6.42 Å². The number of oxazole rings is 1. The van der Waals surface area contributed by atoms with Gasteiger partial charge in [-0.3, -0.25) is 4.79 Å². The lowest BCUT2D eigenvalue weighted by atomic mass is 10.1. The van der Waals surface area contributed by atoms with Crippen LogP contribution in [0.25, 0.3) is 0 Å². The van der Waals surface area contributed by atoms with Crippen LogP contribution in [0.15, 0.2) is 53.1 Å². The van der Waals surface area contributed by atoms with Crippen LogP contribution in [0.5, 0.6) is 0 Å². The Labute approximate surface area is 163 Å². The van der Waals surface area contributed by atoms with Crippen molar-refractivity contribution in [2.45, 2.75) is 32.2 Å². The van der Waals surface area contributed by atoms with Crippen LogP contribution in [0.4, 0.5) is 0 Å². The molecule has 3 heterocycles. The molecule has 0 spiro atoms. The summed E-state index contributed by atoms with van der Waals surface area (Å²) >= 11 is 5.93. The van der Waals surface area contributed by atoms with E-state index in [9.17, 15) is 4.79 Å². The zero-order chi connectivity index (χ0) is 18.8. The van der Waals surface area contributed by atoms with Gasteiger partial charge in [0.05, 0.1) is 6.20 Å². The molecule has 138 valence electrons. The van der Waals surface area contributed by atoms with E-state index in [-0.39, 0.29) is 11.9 Å². The summed E-state index contributed by atoms with van der Waals surface area (Å²) in [6.45, 7) is 2.57. The minimum atomic E-state index is -0.140. The molecule has 1 saturated heterocycles. The van der Waals surface area contributed by atoms with Crippen molar-refractivity contribution in [3.05, 3.63) is 82.3 Å². The molecule has 1 aliphatic rings. The van der Waals surface area contributed by atoms with Gasteiger partial charge in [0, 0.05) is 23.7 Å². The van der Waals surface area contributed by atoms with E-state index in [0.29, 0.717) is 29.6 Å². The molecule has 0 bridgehead atoms. The standard InChI is InChI=1S/C21H20ClN3O2/c1-14-4-2-5-18(24-14)21(26)25-11-3-6-19(25)20-23-13-17(27-20)12-15-7-9-16(22)10-8-15/h2,4-5,7-10,13,19H,3,6,11-12H2,1H3/t19-/m1/s1. The van der Waals surface area contributed by atoms with E-state index < -0.39 is 0 Å². The van der Waals surface area contributed by atoms with E-state index in [2.05, 4.69) is 9.97 Å². The lowest BCUT2D eigenvalue weighted by molar-refractivity contribution is 0.0708. The highest BCUT2D eigenvalue weighted by atomic mass is 35.5. The first-order chi connectivity index (χ1) is 13.1. The maximum absolute atomic E-state index is 12.9. The molecule has 1 fully saturated rings. The SMILES string of the molecule is Cc1cccc(C(=O)N2CCC[C@@H]2c2ncc(Cc3ccc(Cl)cc3)o2)n1. The van der Waals surface area contributed by atoms with Crippen LogP contribution in [0.3, 0.4) is 0 Å². The van der Waals surface area contributed by atoms with E-state index in [4.69, 9.17) is 16.0 Å². The third-order valence-electron chi connectivity index (χ3n) is 4.77. The van der Waals surface area contributed by atoms with Gasteiger partial charge >= 0.3 is 0 Å². The molecule has 0 aliphatic carbocycles. The summed E-state index contributed by atoms with van der Waals surface area (Å²) in [6, 6.07) is 13.0. The summed E-state index contributed by atoms with van der Waals surface area (Å²) < 4.78 is 5.98. The molecule has 5 nitrogen and oxygen atoms in total. The van der Waals surface area contributed by atoms with Crippen LogP contribution in [0.2, 0.25) is 5.02 Å². The van der Waals surface area contributed by atoms with Crippen LogP contribution < -0.4 is 0 Å². The highest BCUT2D eigenvalue weighted by Crippen LogP contribution is 2.33. The number of carbonyl (C=O) groups is 1. The molecule has 0 unspecified atom stereocenters. The summed E-state index contributed by atoms with van der Waals surface area (Å²) in [5, 5.41) is 0.710. The number of halogens is 1. The number of likely N-dealkylation sites (tertiary alicyclic amines) is 1. The Balaban J connectivity index is 1.51. The van der Waals surface area contributed by atoms with Crippen molar-refractivity contribution in [3.63, 3.8) is 0 Å². The fourth-order valence-corrected chi connectivity index (χ4v) is 3.56. The average molecular weight is 382 g/mol. The summed E-state index contributed by atoms with van der Waals surface area (Å²) in [5.41, 5.74) is 2.40. The third-order valence-corrected chi connectivity index (χ3v) is 5.02. The van der Waals surface area contributed by atoms with Crippen molar-refractivity contribution in [2.24, 2.45) is 0 Å². The van der Waals surface area contributed by atoms with Crippen molar-refractivity contribution >= 4 is 17.5 Å². The van der Waals surface area contributed by atoms with Crippen LogP contribution in [0.1, 0.15) is 52.3 Å². The molecule has 1 amide bonds. The lowest BCUT2D eigenvalue weighted by Gasteiger charge is -2.22. The smallest absolute Gasteiger partial charge is 0.273 e. The zero-order valence-electron chi connectivity index (χ0n) is 15.1. The van der Waals surface area contributed by atoms with Crippen molar-refractivity contribution in [1.29, 1.82) is 0 Å². The Morgan fingerprint density at radius 2 is 2.07 bits per heavy atom. The summed E-state index contributed by atoms with van der Waals surface area (Å²) in [6.07, 6.45) is 4.16. The first kappa shape index (κ1) is 17.7. The molecule has 0 saturated carbocycles. The number of amides is 1. The first-order valence-corrected chi connectivity index (χ1v) is 9.41. The monoisotopic (exact) mass is 381 g/mol. The Hall–Kier alpha value is -2.66. The number of hydrogen-bond acceptors (Lipinski definition) is 4. The van der Waals surface area contributed by atoms with Crippen LogP contribution >= 0.6 is 11.6 Å². The highest BCUT2D eigenvalue weighted by Gasteiger charge is 2.34. The second-order valence-corrected chi connectivity index (χ2v) is 7.23. The Morgan fingerprint density at radius 1 is 1.26 bits per heavy atom. The molecule has 3 aromatic rings. The first-order valence-electron chi connectivity index (χ1n) is 9.04. The zero-order valence-corrected chi connectivity index (χ0v) is 15.8. The molecule has 2 aromatic heterocycles. The van der Waals surface area contributed by atoms with Gasteiger partial charge in [-0.2, -0.15) is 0 Å². The van der Waals surface area contributed by atoms with Gasteiger partial charge in [-0.25, -0.2) is 9.97 Å². The number of pyridine rings is 1. The molecule has 27 heavy (non-hydrogen) atoms. The van der Waals surface area contributed by atoms with Crippen molar-refractivity contribution < 1.29 is 9.21 Å². The third kappa shape index (κ3) is 3.88. The minimum absolute atomic E-state index is 0.0707. The Bertz CT molecular complexity index is 952. The van der Waals surface area contributed by atoms with E-state index in [1.165, 1.54) is 0 Å². The summed E-state index contributed by atoms with van der Waals surface area (Å²) in [4.78, 5) is 23.5. The van der Waals surface area contributed by atoms with E-state index in [0.717, 1.165) is 29.9 Å². The maximum Gasteiger partial charge on any atom is 0.273 e. The number of aryl methyl sites for hydroxylation is 1. The van der Waals surface area contributed by atoms with Crippen LogP contribution in [-0.4, -0.2) is 27.3 Å². The molecule has 1 atom stereocenters. The number of rotatable bonds is 4. The van der Waals surface area contributed by atoms with Gasteiger partial charge in [0.2, 0.25) is 5.89 Å². The number of hydrogen-bond donors (Lipinski definition) is 0. The predicted octanol–water partition coefficient (Wildman–Crippen LogP) is 4.60. The van der Waals surface area contributed by atoms with Crippen molar-refractivity contribution in [1.82, 2.24) is 14.9 Å². The molecule has 6 heteroatoms. The van der Waals surface area contributed by atoms with E-state index in [1.807, 2.05) is 48.2 Å². The minimum Gasteiger partial charge on any atom is -0.443 e. The van der Waals surface area contributed by atoms with Gasteiger partial charge in [-0.15, -0.1) is 0 Å². The molecular formula is C21H20ClN3O2. The van der Waals surface area contributed by atoms with E-state index in [1.54, 1.807) is 12.3 Å². The maximum atomic E-state index is 12.9. The molecule has 4 rings (SSSR count). The fraction of sp³-hybridized carbons (Fsp3) is 0.286. The average Bonchev–Trinajstić information content (AvgIpc) is 3.32. The molecule has 0 radical (unpaired) electrons. The van der Waals surface area contributed by atoms with Crippen molar-refractivity contribution in [2.75, 3.05) is 6.54 Å². The fourth-order valence-electron chi connectivity index (χ4n) is 3.44. The van der Waals surface area contributed by atoms with Gasteiger partial charge < -0.3 is 9.32 Å². The predicted molar refractivity (Wildman–Crippen MR) is 103 cm³/mol. The Morgan fingerprint density at radius 3 is 2.85 bits per heavy atom. The van der Waals surface area contributed by atoms with Gasteiger partial charge in [0.1, 0.15) is 17.5 Å². The van der Waals surface area contributed by atoms with Gasteiger partial charge in [0.25, 0.3) is 5.91 Å². The van der Waals surface area contributed by atoms with Gasteiger partial charge in [-0.1, -0.05) is 29.8 Å². The molecular weight excluding hydrogens is 362 g/mol. The van der Waals surface area contributed by atoms with Gasteiger partial charge in [-0.05, 0) is 49.6 Å². The van der Waals surface area contributed by atoms with Gasteiger partial charge in [0.15, 0.2) is 0 Å². The lowest BCUT2D eigenvalue weighted by Crippen LogP contribution is -2.31. The largest absolute Gasteiger partial charge is 0.443 e. The summed E-state index contributed by atoms with van der Waals surface area (Å²) in [7, 11) is 0. The van der Waals surface area contributed by atoms with Crippen molar-refractivity contribution in [3.8, 4) is 0 Å². The highest BCUT2D eigenvalue weighted by molar-refractivity contribution is 6.30. The second kappa shape index (κ2) is 7.53. The number of benzene rings is 1. The molecule has 1 aliphatic heterocycles.